The molecule has 2 aromatic rings. The van der Waals surface area contributed by atoms with E-state index < -0.39 is 0 Å². The third-order valence-corrected chi connectivity index (χ3v) is 3.77. The van der Waals surface area contributed by atoms with Crippen LogP contribution in [0.3, 0.4) is 0 Å². The van der Waals surface area contributed by atoms with E-state index in [2.05, 4.69) is 25.8 Å². The third kappa shape index (κ3) is 3.47. The molecule has 0 atom stereocenters. The molecule has 2 heterocycles. The van der Waals surface area contributed by atoms with Crippen LogP contribution in [0.15, 0.2) is 11.6 Å². The molecule has 18 heavy (non-hydrogen) atoms. The van der Waals surface area contributed by atoms with Gasteiger partial charge in [-0.1, -0.05) is 11.3 Å². The molecule has 0 saturated heterocycles. The van der Waals surface area contributed by atoms with Crippen molar-refractivity contribution in [1.82, 2.24) is 20.5 Å². The number of nitrogens with zero attached hydrogens (tertiary/aromatic N) is 3. The van der Waals surface area contributed by atoms with E-state index in [-0.39, 0.29) is 5.91 Å². The van der Waals surface area contributed by atoms with E-state index in [0.717, 1.165) is 18.0 Å². The molecule has 6 nitrogen and oxygen atoms in total. The van der Waals surface area contributed by atoms with Crippen LogP contribution >= 0.6 is 22.7 Å². The maximum absolute atomic E-state index is 11.7. The summed E-state index contributed by atoms with van der Waals surface area (Å²) in [5.41, 5.74) is 0. The average molecular weight is 283 g/mol. The zero-order valence-electron chi connectivity index (χ0n) is 9.84. The van der Waals surface area contributed by atoms with Crippen LogP contribution in [-0.2, 0) is 6.42 Å². The minimum atomic E-state index is -0.187. The minimum Gasteiger partial charge on any atom is -0.360 e. The van der Waals surface area contributed by atoms with Crippen LogP contribution in [-0.4, -0.2) is 34.2 Å². The number of carbonyl (C=O) groups is 1. The first-order valence-corrected chi connectivity index (χ1v) is 7.23. The molecule has 0 spiro atoms. The number of nitrogens with one attached hydrogen (secondary N) is 2. The second-order valence-electron chi connectivity index (χ2n) is 3.37. The Bertz CT molecular complexity index is 496. The van der Waals surface area contributed by atoms with E-state index in [1.807, 2.05) is 12.3 Å². The Morgan fingerprint density at radius 3 is 3.06 bits per heavy atom. The predicted octanol–water partition coefficient (Wildman–Crippen LogP) is 1.40. The highest BCUT2D eigenvalue weighted by atomic mass is 32.1. The van der Waals surface area contributed by atoms with Gasteiger partial charge in [-0.15, -0.1) is 21.5 Å². The molecule has 0 radical (unpaired) electrons. The molecular weight excluding hydrogens is 270 g/mol. The molecule has 0 aliphatic heterocycles. The summed E-state index contributed by atoms with van der Waals surface area (Å²) in [7, 11) is 0. The first-order chi connectivity index (χ1) is 8.79. The van der Waals surface area contributed by atoms with Crippen LogP contribution in [0, 0.1) is 0 Å². The highest BCUT2D eigenvalue weighted by molar-refractivity contribution is 7.17. The third-order valence-electron chi connectivity index (χ3n) is 2.06. The number of amides is 1. The van der Waals surface area contributed by atoms with E-state index in [9.17, 15) is 4.79 Å². The second kappa shape index (κ2) is 6.41. The van der Waals surface area contributed by atoms with Crippen molar-refractivity contribution in [2.24, 2.45) is 0 Å². The Labute approximate surface area is 112 Å². The van der Waals surface area contributed by atoms with Gasteiger partial charge in [-0.05, 0) is 6.92 Å². The molecule has 0 fully saturated rings. The topological polar surface area (TPSA) is 79.8 Å². The molecule has 0 bridgehead atoms. The summed E-state index contributed by atoms with van der Waals surface area (Å²) in [6.07, 6.45) is 2.50. The number of hydrogen-bond acceptors (Lipinski definition) is 7. The van der Waals surface area contributed by atoms with E-state index in [4.69, 9.17) is 0 Å². The molecule has 0 aromatic carbocycles. The fourth-order valence-electron chi connectivity index (χ4n) is 1.27. The molecule has 2 N–H and O–H groups in total. The number of hydrogen-bond donors (Lipinski definition) is 2. The number of aromatic nitrogens is 3. The Balaban J connectivity index is 1.80. The van der Waals surface area contributed by atoms with Gasteiger partial charge in [0.2, 0.25) is 10.1 Å². The summed E-state index contributed by atoms with van der Waals surface area (Å²) in [6, 6.07) is 0. The fraction of sp³-hybridized carbons (Fsp3) is 0.400. The number of anilines is 1. The molecule has 8 heteroatoms. The van der Waals surface area contributed by atoms with Gasteiger partial charge in [0.25, 0.3) is 5.91 Å². The Kier molecular flexibility index (Phi) is 4.59. The largest absolute Gasteiger partial charge is 0.360 e. The van der Waals surface area contributed by atoms with Gasteiger partial charge in [0, 0.05) is 31.1 Å². The molecule has 2 aromatic heterocycles. The molecule has 0 aliphatic carbocycles. The first kappa shape index (κ1) is 12.9. The Morgan fingerprint density at radius 1 is 1.44 bits per heavy atom. The molecular formula is C10H13N5OS2. The van der Waals surface area contributed by atoms with Crippen molar-refractivity contribution in [3.05, 3.63) is 21.6 Å². The minimum absolute atomic E-state index is 0.187. The lowest BCUT2D eigenvalue weighted by Crippen LogP contribution is -2.25. The summed E-state index contributed by atoms with van der Waals surface area (Å²) in [6.45, 7) is 3.29. The zero-order chi connectivity index (χ0) is 12.8. The summed E-state index contributed by atoms with van der Waals surface area (Å²) in [4.78, 5) is 15.9. The van der Waals surface area contributed by atoms with Crippen molar-refractivity contribution in [2.45, 2.75) is 13.3 Å². The monoisotopic (exact) mass is 283 g/mol. The standard InChI is InChI=1S/C10H13N5OS2/c1-2-11-10-15-14-9(18-10)8(16)13-4-3-7-12-5-6-17-7/h5-6H,2-4H2,1H3,(H,11,15)(H,13,16). The van der Waals surface area contributed by atoms with Gasteiger partial charge in [0.15, 0.2) is 0 Å². The molecule has 0 unspecified atom stereocenters. The molecule has 96 valence electrons. The van der Waals surface area contributed by atoms with Gasteiger partial charge in [0.05, 0.1) is 5.01 Å². The zero-order valence-corrected chi connectivity index (χ0v) is 11.5. The fourth-order valence-corrected chi connectivity index (χ4v) is 2.62. The average Bonchev–Trinajstić information content (AvgIpc) is 3.00. The van der Waals surface area contributed by atoms with Gasteiger partial charge in [-0.3, -0.25) is 4.79 Å². The van der Waals surface area contributed by atoms with Crippen LogP contribution < -0.4 is 10.6 Å². The highest BCUT2D eigenvalue weighted by Gasteiger charge is 2.11. The van der Waals surface area contributed by atoms with Gasteiger partial charge in [0.1, 0.15) is 0 Å². The molecule has 0 saturated carbocycles. The van der Waals surface area contributed by atoms with Crippen molar-refractivity contribution in [3.8, 4) is 0 Å². The van der Waals surface area contributed by atoms with Crippen molar-refractivity contribution < 1.29 is 4.79 Å². The van der Waals surface area contributed by atoms with Gasteiger partial charge in [-0.2, -0.15) is 0 Å². The van der Waals surface area contributed by atoms with Crippen LogP contribution in [0.4, 0.5) is 5.13 Å². The van der Waals surface area contributed by atoms with Crippen molar-refractivity contribution in [1.29, 1.82) is 0 Å². The highest BCUT2D eigenvalue weighted by Crippen LogP contribution is 2.14. The quantitative estimate of drug-likeness (QED) is 0.837. The summed E-state index contributed by atoms with van der Waals surface area (Å²) in [5, 5.41) is 17.5. The van der Waals surface area contributed by atoms with Crippen molar-refractivity contribution in [3.63, 3.8) is 0 Å². The van der Waals surface area contributed by atoms with Crippen LogP contribution in [0.25, 0.3) is 0 Å². The van der Waals surface area contributed by atoms with Gasteiger partial charge >= 0.3 is 0 Å². The Hall–Kier alpha value is -1.54. The number of carbonyl (C=O) groups excluding carboxylic acids is 1. The molecule has 0 aliphatic rings. The first-order valence-electron chi connectivity index (χ1n) is 5.53. The number of rotatable bonds is 6. The van der Waals surface area contributed by atoms with Gasteiger partial charge < -0.3 is 10.6 Å². The second-order valence-corrected chi connectivity index (χ2v) is 5.33. The predicted molar refractivity (Wildman–Crippen MR) is 72.2 cm³/mol. The SMILES string of the molecule is CCNc1nnc(C(=O)NCCc2nccs2)s1. The van der Waals surface area contributed by atoms with Crippen LogP contribution in [0.5, 0.6) is 0 Å². The Morgan fingerprint density at radius 2 is 2.33 bits per heavy atom. The lowest BCUT2D eigenvalue weighted by atomic mass is 10.4. The molecule has 1 amide bonds. The van der Waals surface area contributed by atoms with Gasteiger partial charge in [-0.25, -0.2) is 4.98 Å². The van der Waals surface area contributed by atoms with E-state index in [1.54, 1.807) is 17.5 Å². The maximum Gasteiger partial charge on any atom is 0.282 e. The van der Waals surface area contributed by atoms with Crippen molar-refractivity contribution >= 4 is 33.7 Å². The summed E-state index contributed by atoms with van der Waals surface area (Å²) < 4.78 is 0. The normalized spacial score (nSPS) is 10.3. The van der Waals surface area contributed by atoms with E-state index in [0.29, 0.717) is 16.7 Å². The van der Waals surface area contributed by atoms with Crippen LogP contribution in [0.1, 0.15) is 21.7 Å². The van der Waals surface area contributed by atoms with E-state index >= 15 is 0 Å². The maximum atomic E-state index is 11.7. The smallest absolute Gasteiger partial charge is 0.282 e. The van der Waals surface area contributed by atoms with E-state index in [1.165, 1.54) is 11.3 Å². The lowest BCUT2D eigenvalue weighted by Gasteiger charge is -1.99. The van der Waals surface area contributed by atoms with Crippen LogP contribution in [0.2, 0.25) is 0 Å². The van der Waals surface area contributed by atoms with Crippen molar-refractivity contribution in [2.75, 3.05) is 18.4 Å². The lowest BCUT2D eigenvalue weighted by molar-refractivity contribution is 0.0953. The number of thiazole rings is 1. The summed E-state index contributed by atoms with van der Waals surface area (Å²) >= 11 is 2.84. The molecule has 2 rings (SSSR count). The summed E-state index contributed by atoms with van der Waals surface area (Å²) in [5.74, 6) is -0.187.